The van der Waals surface area contributed by atoms with Crippen LogP contribution in [-0.4, -0.2) is 36.5 Å². The molecule has 0 heterocycles. The minimum absolute atomic E-state index is 0.164. The number of aliphatic hydroxyl groups is 1. The summed E-state index contributed by atoms with van der Waals surface area (Å²) in [6.45, 7) is 4.45. The van der Waals surface area contributed by atoms with Crippen LogP contribution in [0.1, 0.15) is 44.3 Å². The number of aliphatic hydroxyl groups excluding tert-OH is 1. The zero-order valence-electron chi connectivity index (χ0n) is 15.5. The minimum atomic E-state index is -0.371. The first-order valence-corrected chi connectivity index (χ1v) is 8.00. The second-order valence-electron chi connectivity index (χ2n) is 5.96. The van der Waals surface area contributed by atoms with Crippen LogP contribution in [-0.2, 0) is 6.61 Å². The molecule has 6 nitrogen and oxygen atoms in total. The van der Waals surface area contributed by atoms with Gasteiger partial charge < -0.3 is 19.7 Å². The predicted octanol–water partition coefficient (Wildman–Crippen LogP) is 3.20. The van der Waals surface area contributed by atoms with Gasteiger partial charge in [-0.15, -0.1) is 0 Å². The first kappa shape index (κ1) is 19.5. The number of carbonyl (C=O) groups is 2. The Balaban J connectivity index is 2.98. The number of phenolic OH excluding ortho intramolecular Hbond substituents is 1. The molecule has 0 saturated carbocycles. The van der Waals surface area contributed by atoms with Crippen LogP contribution in [0, 0.1) is 13.8 Å². The zero-order valence-corrected chi connectivity index (χ0v) is 15.5. The van der Waals surface area contributed by atoms with Gasteiger partial charge in [-0.1, -0.05) is 0 Å². The molecule has 0 aromatic heterocycles. The lowest BCUT2D eigenvalue weighted by Gasteiger charge is -2.20. The topological polar surface area (TPSA) is 93.1 Å². The van der Waals surface area contributed by atoms with Gasteiger partial charge in [0.1, 0.15) is 12.0 Å². The molecule has 0 amide bonds. The summed E-state index contributed by atoms with van der Waals surface area (Å²) in [5.74, 6) is 0.172. The smallest absolute Gasteiger partial charge is 0.166 e. The quantitative estimate of drug-likeness (QED) is 0.608. The fourth-order valence-corrected chi connectivity index (χ4v) is 3.19. The summed E-state index contributed by atoms with van der Waals surface area (Å²) in [5, 5.41) is 20.6. The highest BCUT2D eigenvalue weighted by Crippen LogP contribution is 2.45. The second kappa shape index (κ2) is 7.58. The van der Waals surface area contributed by atoms with E-state index in [9.17, 15) is 19.8 Å². The maximum Gasteiger partial charge on any atom is 0.166 e. The third-order valence-electron chi connectivity index (χ3n) is 4.54. The van der Waals surface area contributed by atoms with Crippen molar-refractivity contribution in [1.29, 1.82) is 0 Å². The minimum Gasteiger partial charge on any atom is -0.504 e. The van der Waals surface area contributed by atoms with Crippen molar-refractivity contribution in [2.24, 2.45) is 0 Å². The molecule has 2 aromatic carbocycles. The van der Waals surface area contributed by atoms with Crippen molar-refractivity contribution in [3.63, 3.8) is 0 Å². The summed E-state index contributed by atoms with van der Waals surface area (Å²) in [7, 11) is 2.84. The van der Waals surface area contributed by atoms with Gasteiger partial charge in [0.25, 0.3) is 0 Å². The maximum atomic E-state index is 12.0. The van der Waals surface area contributed by atoms with E-state index < -0.39 is 0 Å². The largest absolute Gasteiger partial charge is 0.504 e. The number of hydrogen-bond donors (Lipinski definition) is 2. The van der Waals surface area contributed by atoms with Crippen LogP contribution in [0.5, 0.6) is 17.2 Å². The van der Waals surface area contributed by atoms with Crippen LogP contribution in [0.15, 0.2) is 12.1 Å². The van der Waals surface area contributed by atoms with E-state index in [1.54, 1.807) is 19.9 Å². The number of aromatic hydroxyl groups is 1. The average Bonchev–Trinajstić information content (AvgIpc) is 2.61. The SMILES string of the molecule is COc1c(C)c(C=O)cc(-c2cc(C(C)=O)c(C)c(OC)c2CO)c1O. The van der Waals surface area contributed by atoms with Crippen molar-refractivity contribution in [2.75, 3.05) is 14.2 Å². The molecule has 6 heteroatoms. The van der Waals surface area contributed by atoms with Crippen LogP contribution in [0.4, 0.5) is 0 Å². The molecule has 0 aliphatic heterocycles. The second-order valence-corrected chi connectivity index (χ2v) is 5.96. The summed E-state index contributed by atoms with van der Waals surface area (Å²) in [6.07, 6.45) is 0.663. The standard InChI is InChI=1S/C20H22O6/c1-10-13(8-21)6-16(18(24)20(10)26-5)15-7-14(12(3)23)11(2)19(25-4)17(15)9-22/h6-8,22,24H,9H2,1-5H3. The number of methoxy groups -OCH3 is 2. The van der Waals surface area contributed by atoms with E-state index in [1.807, 2.05) is 0 Å². The predicted molar refractivity (Wildman–Crippen MR) is 97.4 cm³/mol. The molecule has 0 spiro atoms. The number of ether oxygens (including phenoxy) is 2. The lowest BCUT2D eigenvalue weighted by atomic mass is 9.89. The molecule has 0 atom stereocenters. The van der Waals surface area contributed by atoms with Gasteiger partial charge in [0.05, 0.1) is 20.8 Å². The highest BCUT2D eigenvalue weighted by molar-refractivity contribution is 5.99. The third-order valence-corrected chi connectivity index (χ3v) is 4.54. The molecule has 0 aliphatic carbocycles. The van der Waals surface area contributed by atoms with Gasteiger partial charge in [-0.3, -0.25) is 9.59 Å². The summed E-state index contributed by atoms with van der Waals surface area (Å²) in [4.78, 5) is 23.5. The van der Waals surface area contributed by atoms with Gasteiger partial charge in [0.15, 0.2) is 17.3 Å². The van der Waals surface area contributed by atoms with Gasteiger partial charge >= 0.3 is 0 Å². The van der Waals surface area contributed by atoms with Gasteiger partial charge in [-0.25, -0.2) is 0 Å². The number of phenols is 1. The number of ketones is 1. The fourth-order valence-electron chi connectivity index (χ4n) is 3.19. The molecule has 2 aromatic rings. The Bertz CT molecular complexity index is 883. The molecule has 0 fully saturated rings. The van der Waals surface area contributed by atoms with Gasteiger partial charge in [0.2, 0.25) is 0 Å². The highest BCUT2D eigenvalue weighted by Gasteiger charge is 2.23. The van der Waals surface area contributed by atoms with Crippen LogP contribution in [0.3, 0.4) is 0 Å². The van der Waals surface area contributed by atoms with Gasteiger partial charge in [0, 0.05) is 33.4 Å². The van der Waals surface area contributed by atoms with E-state index in [2.05, 4.69) is 0 Å². The number of rotatable bonds is 6. The molecular weight excluding hydrogens is 336 g/mol. The number of benzene rings is 2. The zero-order chi connectivity index (χ0) is 19.6. The first-order valence-electron chi connectivity index (χ1n) is 8.00. The molecule has 0 bridgehead atoms. The summed E-state index contributed by atoms with van der Waals surface area (Å²) < 4.78 is 10.6. The Labute approximate surface area is 152 Å². The highest BCUT2D eigenvalue weighted by atomic mass is 16.5. The normalized spacial score (nSPS) is 10.5. The lowest BCUT2D eigenvalue weighted by molar-refractivity contribution is 0.101. The van der Waals surface area contributed by atoms with E-state index >= 15 is 0 Å². The molecule has 26 heavy (non-hydrogen) atoms. The van der Waals surface area contributed by atoms with E-state index in [1.165, 1.54) is 27.2 Å². The van der Waals surface area contributed by atoms with Gasteiger partial charge in [-0.05, 0) is 38.5 Å². The van der Waals surface area contributed by atoms with Crippen LogP contribution < -0.4 is 9.47 Å². The maximum absolute atomic E-state index is 12.0. The molecule has 2 rings (SSSR count). The molecule has 0 unspecified atom stereocenters. The molecule has 0 saturated heterocycles. The van der Waals surface area contributed by atoms with E-state index in [-0.39, 0.29) is 29.5 Å². The molecule has 0 radical (unpaired) electrons. The lowest BCUT2D eigenvalue weighted by Crippen LogP contribution is -2.06. The van der Waals surface area contributed by atoms with Crippen molar-refractivity contribution in [2.45, 2.75) is 27.4 Å². The van der Waals surface area contributed by atoms with Crippen molar-refractivity contribution >= 4 is 12.1 Å². The van der Waals surface area contributed by atoms with Crippen LogP contribution in [0.2, 0.25) is 0 Å². The van der Waals surface area contributed by atoms with E-state index in [0.717, 1.165) is 0 Å². The Kier molecular flexibility index (Phi) is 5.67. The van der Waals surface area contributed by atoms with Crippen molar-refractivity contribution in [1.82, 2.24) is 0 Å². The van der Waals surface area contributed by atoms with Crippen molar-refractivity contribution in [3.05, 3.63) is 39.9 Å². The Hall–Kier alpha value is -2.86. The van der Waals surface area contributed by atoms with E-state index in [4.69, 9.17) is 9.47 Å². The molecule has 2 N–H and O–H groups in total. The third kappa shape index (κ3) is 3.04. The monoisotopic (exact) mass is 358 g/mol. The average molecular weight is 358 g/mol. The Morgan fingerprint density at radius 3 is 2.15 bits per heavy atom. The summed E-state index contributed by atoms with van der Waals surface area (Å²) in [5.41, 5.74) is 2.93. The molecule has 138 valence electrons. The van der Waals surface area contributed by atoms with Crippen molar-refractivity contribution in [3.8, 4) is 28.4 Å². The van der Waals surface area contributed by atoms with Crippen molar-refractivity contribution < 1.29 is 29.3 Å². The summed E-state index contributed by atoms with van der Waals surface area (Å²) >= 11 is 0. The number of hydrogen-bond acceptors (Lipinski definition) is 6. The number of carbonyl (C=O) groups excluding carboxylic acids is 2. The summed E-state index contributed by atoms with van der Waals surface area (Å²) in [6, 6.07) is 3.09. The van der Waals surface area contributed by atoms with Crippen LogP contribution >= 0.6 is 0 Å². The number of Topliss-reactive ketones (excluding diaryl/α,β-unsaturated/α-hetero) is 1. The Morgan fingerprint density at radius 1 is 1.08 bits per heavy atom. The first-order chi connectivity index (χ1) is 12.3. The van der Waals surface area contributed by atoms with Crippen LogP contribution in [0.25, 0.3) is 11.1 Å². The molecule has 0 aliphatic rings. The van der Waals surface area contributed by atoms with E-state index in [0.29, 0.717) is 45.4 Å². The number of aldehydes is 1. The fraction of sp³-hybridized carbons (Fsp3) is 0.300. The Morgan fingerprint density at radius 2 is 1.69 bits per heavy atom. The van der Waals surface area contributed by atoms with Gasteiger partial charge in [-0.2, -0.15) is 0 Å². The molecular formula is C20H22O6.